The molecule has 4 heteroatoms. The van der Waals surface area contributed by atoms with Crippen LogP contribution in [0.4, 0.5) is 4.39 Å². The summed E-state index contributed by atoms with van der Waals surface area (Å²) in [6.07, 6.45) is 0. The molecule has 0 unspecified atom stereocenters. The molecule has 17 heavy (non-hydrogen) atoms. The first-order valence-corrected chi connectivity index (χ1v) is 5.99. The van der Waals surface area contributed by atoms with Crippen molar-refractivity contribution < 1.29 is 9.13 Å². The van der Waals surface area contributed by atoms with Crippen LogP contribution < -0.4 is 10.1 Å². The second-order valence-electron chi connectivity index (χ2n) is 4.46. The van der Waals surface area contributed by atoms with E-state index in [1.54, 1.807) is 0 Å². The number of nitrogens with one attached hydrogen (secondary N) is 1. The first kappa shape index (κ1) is 13.9. The molecular weight excluding hydrogens is 219 g/mol. The van der Waals surface area contributed by atoms with Gasteiger partial charge in [-0.1, -0.05) is 13.8 Å². The summed E-state index contributed by atoms with van der Waals surface area (Å²) in [5, 5.41) is 3.31. The van der Waals surface area contributed by atoms with Gasteiger partial charge in [-0.05, 0) is 31.5 Å². The third-order valence-electron chi connectivity index (χ3n) is 2.25. The van der Waals surface area contributed by atoms with Crippen LogP contribution in [0, 0.1) is 12.8 Å². The Morgan fingerprint density at radius 1 is 1.41 bits per heavy atom. The van der Waals surface area contributed by atoms with Crippen LogP contribution in [0.25, 0.3) is 0 Å². The van der Waals surface area contributed by atoms with Crippen molar-refractivity contribution in [1.82, 2.24) is 10.3 Å². The van der Waals surface area contributed by atoms with E-state index in [1.807, 2.05) is 19.1 Å². The van der Waals surface area contributed by atoms with Crippen molar-refractivity contribution >= 4 is 0 Å². The molecule has 0 saturated carbocycles. The zero-order chi connectivity index (χ0) is 12.7. The first-order chi connectivity index (χ1) is 8.13. The number of aryl methyl sites for hydroxylation is 1. The molecule has 0 aromatic carbocycles. The number of ether oxygens (including phenoxy) is 1. The average molecular weight is 240 g/mol. The zero-order valence-corrected chi connectivity index (χ0v) is 10.8. The maximum Gasteiger partial charge on any atom is 0.142 e. The lowest BCUT2D eigenvalue weighted by molar-refractivity contribution is 0.269. The summed E-state index contributed by atoms with van der Waals surface area (Å²) >= 11 is 0. The molecule has 1 aromatic rings. The highest BCUT2D eigenvalue weighted by atomic mass is 19.1. The summed E-state index contributed by atoms with van der Waals surface area (Å²) < 4.78 is 17.4. The number of hydrogen-bond donors (Lipinski definition) is 1. The van der Waals surface area contributed by atoms with Gasteiger partial charge in [-0.3, -0.25) is 4.98 Å². The van der Waals surface area contributed by atoms with E-state index in [4.69, 9.17) is 4.74 Å². The Bertz CT molecular complexity index is 342. The Labute approximate surface area is 102 Å². The Kier molecular flexibility index (Phi) is 5.91. The van der Waals surface area contributed by atoms with E-state index in [0.717, 1.165) is 17.9 Å². The molecule has 0 fully saturated rings. The van der Waals surface area contributed by atoms with Crippen LogP contribution in [0.1, 0.15) is 25.2 Å². The Morgan fingerprint density at radius 3 is 2.82 bits per heavy atom. The lowest BCUT2D eigenvalue weighted by Crippen LogP contribution is -2.20. The minimum absolute atomic E-state index is 0.0852. The van der Waals surface area contributed by atoms with E-state index in [9.17, 15) is 4.39 Å². The molecule has 0 spiro atoms. The molecule has 1 rings (SSSR count). The van der Waals surface area contributed by atoms with E-state index < -0.39 is 6.67 Å². The van der Waals surface area contributed by atoms with Crippen LogP contribution in [0.15, 0.2) is 12.1 Å². The highest BCUT2D eigenvalue weighted by Crippen LogP contribution is 2.16. The van der Waals surface area contributed by atoms with Gasteiger partial charge < -0.3 is 10.1 Å². The fourth-order valence-corrected chi connectivity index (χ4v) is 1.48. The van der Waals surface area contributed by atoms with Crippen LogP contribution in [0.5, 0.6) is 5.75 Å². The van der Waals surface area contributed by atoms with Gasteiger partial charge >= 0.3 is 0 Å². The molecule has 0 atom stereocenters. The van der Waals surface area contributed by atoms with Crippen molar-refractivity contribution in [3.05, 3.63) is 23.5 Å². The second-order valence-corrected chi connectivity index (χ2v) is 4.46. The predicted octanol–water partition coefficient (Wildman–Crippen LogP) is 2.48. The van der Waals surface area contributed by atoms with Gasteiger partial charge in [0.05, 0.1) is 5.69 Å². The smallest absolute Gasteiger partial charge is 0.142 e. The van der Waals surface area contributed by atoms with Gasteiger partial charge in [-0.15, -0.1) is 0 Å². The van der Waals surface area contributed by atoms with Gasteiger partial charge in [0.1, 0.15) is 19.0 Å². The van der Waals surface area contributed by atoms with Crippen LogP contribution in [-0.4, -0.2) is 24.8 Å². The largest absolute Gasteiger partial charge is 0.489 e. The minimum Gasteiger partial charge on any atom is -0.489 e. The van der Waals surface area contributed by atoms with Crippen LogP contribution in [0.3, 0.4) is 0 Å². The van der Waals surface area contributed by atoms with Crippen molar-refractivity contribution in [3.63, 3.8) is 0 Å². The molecular formula is C13H21FN2O. The van der Waals surface area contributed by atoms with E-state index in [0.29, 0.717) is 18.2 Å². The molecule has 0 radical (unpaired) electrons. The summed E-state index contributed by atoms with van der Waals surface area (Å²) in [5.74, 6) is 1.26. The van der Waals surface area contributed by atoms with Gasteiger partial charge in [0, 0.05) is 12.2 Å². The highest BCUT2D eigenvalue weighted by molar-refractivity contribution is 5.29. The molecule has 0 saturated heterocycles. The summed E-state index contributed by atoms with van der Waals surface area (Å²) in [4.78, 5) is 4.41. The maximum absolute atomic E-state index is 12.1. The summed E-state index contributed by atoms with van der Waals surface area (Å²) in [5.41, 5.74) is 1.79. The number of nitrogens with zero attached hydrogens (tertiary/aromatic N) is 1. The molecule has 0 aliphatic rings. The normalized spacial score (nSPS) is 10.9. The maximum atomic E-state index is 12.1. The predicted molar refractivity (Wildman–Crippen MR) is 67.0 cm³/mol. The molecule has 0 aliphatic carbocycles. The van der Waals surface area contributed by atoms with Crippen molar-refractivity contribution in [3.8, 4) is 5.75 Å². The number of aromatic nitrogens is 1. The number of hydrogen-bond acceptors (Lipinski definition) is 3. The number of rotatable bonds is 7. The Balaban J connectivity index is 2.62. The topological polar surface area (TPSA) is 34.1 Å². The number of halogens is 1. The zero-order valence-electron chi connectivity index (χ0n) is 10.8. The molecule has 1 aromatic heterocycles. The highest BCUT2D eigenvalue weighted by Gasteiger charge is 2.06. The third kappa shape index (κ3) is 5.13. The van der Waals surface area contributed by atoms with E-state index in [-0.39, 0.29) is 6.61 Å². The molecule has 1 N–H and O–H groups in total. The van der Waals surface area contributed by atoms with E-state index >= 15 is 0 Å². The molecule has 0 bridgehead atoms. The van der Waals surface area contributed by atoms with Crippen molar-refractivity contribution in [2.24, 2.45) is 5.92 Å². The first-order valence-electron chi connectivity index (χ1n) is 5.99. The molecule has 96 valence electrons. The molecule has 0 amide bonds. The summed E-state index contributed by atoms with van der Waals surface area (Å²) in [6, 6.07) is 3.73. The SMILES string of the molecule is Cc1ccc(OCCF)c(CNCC(C)C)n1. The molecule has 3 nitrogen and oxygen atoms in total. The van der Waals surface area contributed by atoms with E-state index in [1.165, 1.54) is 0 Å². The quantitative estimate of drug-likeness (QED) is 0.795. The van der Waals surface area contributed by atoms with Crippen molar-refractivity contribution in [2.75, 3.05) is 19.8 Å². The molecule has 0 aliphatic heterocycles. The monoisotopic (exact) mass is 240 g/mol. The fraction of sp³-hybridized carbons (Fsp3) is 0.615. The Hall–Kier alpha value is -1.16. The third-order valence-corrected chi connectivity index (χ3v) is 2.25. The number of pyridine rings is 1. The van der Waals surface area contributed by atoms with Crippen LogP contribution in [-0.2, 0) is 6.54 Å². The minimum atomic E-state index is -0.479. The van der Waals surface area contributed by atoms with Gasteiger partial charge in [0.2, 0.25) is 0 Å². The lowest BCUT2D eigenvalue weighted by atomic mass is 10.2. The van der Waals surface area contributed by atoms with Gasteiger partial charge in [0.25, 0.3) is 0 Å². The summed E-state index contributed by atoms with van der Waals surface area (Å²) in [6.45, 7) is 7.42. The van der Waals surface area contributed by atoms with E-state index in [2.05, 4.69) is 24.1 Å². The lowest BCUT2D eigenvalue weighted by Gasteiger charge is -2.12. The fourth-order valence-electron chi connectivity index (χ4n) is 1.48. The van der Waals surface area contributed by atoms with Crippen LogP contribution >= 0.6 is 0 Å². The number of alkyl halides is 1. The van der Waals surface area contributed by atoms with Gasteiger partial charge in [-0.25, -0.2) is 4.39 Å². The van der Waals surface area contributed by atoms with Gasteiger partial charge in [0.15, 0.2) is 0 Å². The molecule has 1 heterocycles. The average Bonchev–Trinajstić information content (AvgIpc) is 2.27. The van der Waals surface area contributed by atoms with Crippen LogP contribution in [0.2, 0.25) is 0 Å². The second kappa shape index (κ2) is 7.22. The standard InChI is InChI=1S/C13H21FN2O/c1-10(2)8-15-9-12-13(17-7-6-14)5-4-11(3)16-12/h4-5,10,15H,6-9H2,1-3H3. The Morgan fingerprint density at radius 2 is 2.18 bits per heavy atom. The van der Waals surface area contributed by atoms with Crippen molar-refractivity contribution in [1.29, 1.82) is 0 Å². The summed E-state index contributed by atoms with van der Waals surface area (Å²) in [7, 11) is 0. The van der Waals surface area contributed by atoms with Crippen molar-refractivity contribution in [2.45, 2.75) is 27.3 Å². The van der Waals surface area contributed by atoms with Gasteiger partial charge in [-0.2, -0.15) is 0 Å².